The fourth-order valence-electron chi connectivity index (χ4n) is 9.46. The number of carbonyl (C=O) groups excluding carboxylic acids is 4. The molecule has 3 aliphatic heterocycles. The van der Waals surface area contributed by atoms with E-state index in [1.807, 2.05) is 34.6 Å². The number of aliphatic hydroxyl groups is 1. The van der Waals surface area contributed by atoms with Crippen LogP contribution in [0.25, 0.3) is 0 Å². The van der Waals surface area contributed by atoms with Crippen molar-refractivity contribution in [2.24, 2.45) is 35.3 Å². The first-order valence-corrected chi connectivity index (χ1v) is 22.0. The molecule has 12 nitrogen and oxygen atoms in total. The van der Waals surface area contributed by atoms with Gasteiger partial charge in [-0.1, -0.05) is 39.8 Å². The zero-order chi connectivity index (χ0) is 43.8. The number of piperidine rings is 1. The van der Waals surface area contributed by atoms with Crippen molar-refractivity contribution < 1.29 is 52.4 Å². The summed E-state index contributed by atoms with van der Waals surface area (Å²) in [6.07, 6.45) is 5.80. The van der Waals surface area contributed by atoms with Crippen molar-refractivity contribution in [3.05, 3.63) is 35.1 Å². The standard InChI is InChI=1S/C46H73FN2O10/c1-11-33-21-28(5)40(47)29(6)22-38(55-9)42-39(56-10)23-31(8)46(54,59-42)43(51)44(52)49-19-13-12-14-35(49)45(53)58-41(27(4)15-18-36(33)50)30(7)20-32-16-17-34(48)37(24-32)57-25-26(2)3/h20-21,25,27,29,31-35,37-42,54H,11-19,22-24,48H2,1-10H3/b28-21+,30-20?. The summed E-state index contributed by atoms with van der Waals surface area (Å²) in [5.41, 5.74) is 8.71. The Morgan fingerprint density at radius 2 is 1.64 bits per heavy atom. The molecule has 13 heteroatoms. The maximum atomic E-state index is 16.2. The van der Waals surface area contributed by atoms with Gasteiger partial charge in [-0.15, -0.1) is 0 Å². The maximum Gasteiger partial charge on any atom is 0.329 e. The van der Waals surface area contributed by atoms with Crippen LogP contribution in [-0.4, -0.2) is 109 Å². The zero-order valence-electron chi connectivity index (χ0n) is 37.2. The summed E-state index contributed by atoms with van der Waals surface area (Å²) in [5.74, 6) is -7.67. The normalized spacial score (nSPS) is 39.9. The van der Waals surface area contributed by atoms with Crippen molar-refractivity contribution in [2.75, 3.05) is 20.8 Å². The quantitative estimate of drug-likeness (QED) is 0.121. The molecular weight excluding hydrogens is 760 g/mol. The Bertz CT molecular complexity index is 1560. The van der Waals surface area contributed by atoms with Gasteiger partial charge in [-0.05, 0) is 126 Å². The minimum atomic E-state index is -2.56. The largest absolute Gasteiger partial charge is 0.496 e. The molecule has 14 atom stereocenters. The number of halogens is 1. The Kier molecular flexibility index (Phi) is 17.9. The minimum Gasteiger partial charge on any atom is -0.496 e. The third kappa shape index (κ3) is 11.9. The van der Waals surface area contributed by atoms with Crippen molar-refractivity contribution in [3.63, 3.8) is 0 Å². The van der Waals surface area contributed by atoms with Gasteiger partial charge in [0.05, 0.1) is 18.5 Å². The summed E-state index contributed by atoms with van der Waals surface area (Å²) in [6.45, 7) is 14.8. The number of Topliss-reactive ketones (excluding diaryl/α,β-unsaturated/α-hetero) is 2. The lowest BCUT2D eigenvalue weighted by Gasteiger charge is -2.47. The van der Waals surface area contributed by atoms with Crippen LogP contribution in [0, 0.1) is 29.6 Å². The zero-order valence-corrected chi connectivity index (χ0v) is 37.2. The summed E-state index contributed by atoms with van der Waals surface area (Å²) in [5, 5.41) is 12.0. The van der Waals surface area contributed by atoms with Crippen LogP contribution in [0.3, 0.4) is 0 Å². The van der Waals surface area contributed by atoms with Crippen molar-refractivity contribution in [1.82, 2.24) is 4.90 Å². The lowest BCUT2D eigenvalue weighted by atomic mass is 9.81. The number of hydrogen-bond acceptors (Lipinski definition) is 11. The van der Waals surface area contributed by atoms with E-state index in [9.17, 15) is 24.3 Å². The van der Waals surface area contributed by atoms with Gasteiger partial charge in [0.25, 0.3) is 11.7 Å². The molecular formula is C46H73FN2O10. The third-order valence-electron chi connectivity index (χ3n) is 13.2. The summed E-state index contributed by atoms with van der Waals surface area (Å²) in [7, 11) is 2.93. The molecule has 2 saturated heterocycles. The number of allylic oxidation sites excluding steroid dienone is 4. The number of fused-ring (bicyclic) bond motifs is 3. The first-order chi connectivity index (χ1) is 27.9. The monoisotopic (exact) mass is 833 g/mol. The molecule has 2 bridgehead atoms. The van der Waals surface area contributed by atoms with Crippen molar-refractivity contribution >= 4 is 23.4 Å². The molecule has 0 aromatic carbocycles. The molecule has 1 saturated carbocycles. The number of alkyl halides is 1. The van der Waals surface area contributed by atoms with Crippen LogP contribution in [-0.2, 0) is 42.9 Å². The van der Waals surface area contributed by atoms with E-state index in [1.54, 1.807) is 33.1 Å². The molecule has 3 fully saturated rings. The van der Waals surface area contributed by atoms with E-state index in [4.69, 9.17) is 29.4 Å². The predicted molar refractivity (Wildman–Crippen MR) is 222 cm³/mol. The van der Waals surface area contributed by atoms with Gasteiger partial charge in [-0.25, -0.2) is 9.18 Å². The third-order valence-corrected chi connectivity index (χ3v) is 13.2. The van der Waals surface area contributed by atoms with Gasteiger partial charge < -0.3 is 39.4 Å². The summed E-state index contributed by atoms with van der Waals surface area (Å²) in [6, 6.07) is -1.19. The number of ketones is 2. The molecule has 0 aromatic rings. The van der Waals surface area contributed by atoms with E-state index in [0.29, 0.717) is 37.7 Å². The number of amides is 1. The molecule has 1 amide bonds. The van der Waals surface area contributed by atoms with Crippen LogP contribution in [0.4, 0.5) is 4.39 Å². The van der Waals surface area contributed by atoms with Gasteiger partial charge in [-0.2, -0.15) is 0 Å². The van der Waals surface area contributed by atoms with Gasteiger partial charge in [0.1, 0.15) is 36.3 Å². The highest BCUT2D eigenvalue weighted by atomic mass is 19.1. The number of cyclic esters (lactones) is 1. The lowest BCUT2D eigenvalue weighted by Crippen LogP contribution is -2.64. The number of esters is 1. The number of rotatable bonds is 7. The van der Waals surface area contributed by atoms with Gasteiger partial charge in [-0.3, -0.25) is 14.4 Å². The van der Waals surface area contributed by atoms with E-state index < -0.39 is 77.8 Å². The summed E-state index contributed by atoms with van der Waals surface area (Å²) < 4.78 is 46.4. The SMILES string of the molecule is CCC1/C=C(\C)C(F)C(C)CC(OC)C2OC(O)(C(=O)C(=O)N3CCCCC3C(=O)OC(C(C)=CC3CCC(N)C(OC=C(C)C)C3)C(C)CCC1=O)C(C)CC2OC. The van der Waals surface area contributed by atoms with Gasteiger partial charge >= 0.3 is 5.97 Å². The molecule has 334 valence electrons. The number of methoxy groups -OCH3 is 2. The van der Waals surface area contributed by atoms with Gasteiger partial charge in [0.2, 0.25) is 5.79 Å². The Morgan fingerprint density at radius 1 is 0.966 bits per heavy atom. The number of ether oxygens (including phenoxy) is 5. The molecule has 4 rings (SSSR count). The first kappa shape index (κ1) is 48.7. The maximum absolute atomic E-state index is 16.2. The molecule has 14 unspecified atom stereocenters. The highest BCUT2D eigenvalue weighted by Crippen LogP contribution is 2.39. The van der Waals surface area contributed by atoms with E-state index >= 15 is 4.39 Å². The van der Waals surface area contributed by atoms with Gasteiger partial charge in [0.15, 0.2) is 0 Å². The Balaban J connectivity index is 1.75. The highest BCUT2D eigenvalue weighted by molar-refractivity contribution is 6.39. The summed E-state index contributed by atoms with van der Waals surface area (Å²) >= 11 is 0. The van der Waals surface area contributed by atoms with E-state index in [0.717, 1.165) is 24.0 Å². The predicted octanol–water partition coefficient (Wildman–Crippen LogP) is 6.71. The van der Waals surface area contributed by atoms with Crippen LogP contribution in [0.1, 0.15) is 126 Å². The van der Waals surface area contributed by atoms with E-state index in [2.05, 4.69) is 6.08 Å². The molecule has 59 heavy (non-hydrogen) atoms. The van der Waals surface area contributed by atoms with Crippen molar-refractivity contribution in [3.8, 4) is 0 Å². The topological polar surface area (TPSA) is 164 Å². The van der Waals surface area contributed by atoms with Crippen LogP contribution in [0.5, 0.6) is 0 Å². The van der Waals surface area contributed by atoms with Crippen molar-refractivity contribution in [1.29, 1.82) is 0 Å². The average Bonchev–Trinajstić information content (AvgIpc) is 3.22. The Labute approximate surface area is 351 Å². The average molecular weight is 833 g/mol. The number of nitrogens with two attached hydrogens (primary N) is 1. The fourth-order valence-corrected chi connectivity index (χ4v) is 9.46. The molecule has 3 heterocycles. The number of carbonyl (C=O) groups is 4. The Hall–Kier alpha value is -2.97. The van der Waals surface area contributed by atoms with Crippen LogP contribution < -0.4 is 5.73 Å². The van der Waals surface area contributed by atoms with Gasteiger partial charge in [0, 0.05) is 45.1 Å². The lowest BCUT2D eigenvalue weighted by molar-refractivity contribution is -0.302. The first-order valence-electron chi connectivity index (χ1n) is 22.0. The fraction of sp³-hybridized carbons (Fsp3) is 0.783. The second-order valence-corrected chi connectivity index (χ2v) is 18.2. The number of nitrogens with zero attached hydrogens (tertiary/aromatic N) is 1. The van der Waals surface area contributed by atoms with E-state index in [1.165, 1.54) is 19.1 Å². The molecule has 0 aromatic heterocycles. The Morgan fingerprint density at radius 3 is 2.29 bits per heavy atom. The number of hydrogen-bond donors (Lipinski definition) is 2. The smallest absolute Gasteiger partial charge is 0.329 e. The molecule has 0 spiro atoms. The van der Waals surface area contributed by atoms with Crippen LogP contribution in [0.2, 0.25) is 0 Å². The van der Waals surface area contributed by atoms with Crippen LogP contribution >= 0.6 is 0 Å². The molecule has 0 radical (unpaired) electrons. The molecule has 1 aliphatic carbocycles. The highest BCUT2D eigenvalue weighted by Gasteiger charge is 2.56. The molecule has 4 aliphatic rings. The van der Waals surface area contributed by atoms with Crippen LogP contribution in [0.15, 0.2) is 35.1 Å². The molecule has 3 N–H and O–H groups in total. The van der Waals surface area contributed by atoms with E-state index in [-0.39, 0.29) is 62.0 Å². The summed E-state index contributed by atoms with van der Waals surface area (Å²) in [4.78, 5) is 57.9. The second-order valence-electron chi connectivity index (χ2n) is 18.2. The minimum absolute atomic E-state index is 0.0269. The second kappa shape index (κ2) is 21.7. The van der Waals surface area contributed by atoms with Crippen molar-refractivity contribution in [2.45, 2.75) is 181 Å².